The first kappa shape index (κ1) is 16.4. The number of rotatable bonds is 4. The molecule has 3 aliphatic rings. The summed E-state index contributed by atoms with van der Waals surface area (Å²) in [6.45, 7) is 9.74. The van der Waals surface area contributed by atoms with Gasteiger partial charge in [-0.25, -0.2) is 0 Å². The molecule has 0 radical (unpaired) electrons. The van der Waals surface area contributed by atoms with E-state index in [2.05, 4.69) is 23.7 Å². The predicted octanol–water partition coefficient (Wildman–Crippen LogP) is 1.35. The Kier molecular flexibility index (Phi) is 4.66. The maximum absolute atomic E-state index is 12.7. The summed E-state index contributed by atoms with van der Waals surface area (Å²) in [6, 6.07) is -0.364. The third-order valence-electron chi connectivity index (χ3n) is 4.43. The number of aliphatic imine (C=N–C) groups is 1. The highest BCUT2D eigenvalue weighted by Crippen LogP contribution is 2.31. The molecule has 7 heteroatoms. The Morgan fingerprint density at radius 3 is 2.91 bits per heavy atom. The molecular weight excluding hydrogens is 312 g/mol. The molecule has 2 amide bonds. The lowest BCUT2D eigenvalue weighted by Gasteiger charge is -2.40. The van der Waals surface area contributed by atoms with E-state index in [1.807, 2.05) is 17.2 Å². The first-order valence-electron chi connectivity index (χ1n) is 8.23. The number of amides is 2. The van der Waals surface area contributed by atoms with Gasteiger partial charge < -0.3 is 14.7 Å². The number of piperazine rings is 1. The molecule has 1 fully saturated rings. The molecule has 3 heterocycles. The maximum Gasteiger partial charge on any atom is 0.245 e. The fourth-order valence-electron chi connectivity index (χ4n) is 3.26. The van der Waals surface area contributed by atoms with E-state index in [1.165, 1.54) is 0 Å². The van der Waals surface area contributed by atoms with Gasteiger partial charge in [0, 0.05) is 31.9 Å². The van der Waals surface area contributed by atoms with Gasteiger partial charge >= 0.3 is 0 Å². The minimum Gasteiger partial charge on any atom is -0.339 e. The average Bonchev–Trinajstić information content (AvgIpc) is 3.08. The van der Waals surface area contributed by atoms with Gasteiger partial charge in [-0.2, -0.15) is 0 Å². The highest BCUT2D eigenvalue weighted by Gasteiger charge is 2.36. The lowest BCUT2D eigenvalue weighted by Crippen LogP contribution is -2.58. The predicted molar refractivity (Wildman–Crippen MR) is 91.9 cm³/mol. The van der Waals surface area contributed by atoms with Crippen LogP contribution in [0.3, 0.4) is 0 Å². The normalized spacial score (nSPS) is 24.3. The lowest BCUT2D eigenvalue weighted by atomic mass is 10.1. The summed E-state index contributed by atoms with van der Waals surface area (Å²) in [5.41, 5.74) is 1.01. The Balaban J connectivity index is 1.60. The van der Waals surface area contributed by atoms with Crippen molar-refractivity contribution in [3.8, 4) is 0 Å². The zero-order valence-corrected chi connectivity index (χ0v) is 14.8. The molecule has 0 aromatic heterocycles. The van der Waals surface area contributed by atoms with Crippen molar-refractivity contribution >= 4 is 28.7 Å². The van der Waals surface area contributed by atoms with Crippen molar-refractivity contribution in [2.24, 2.45) is 10.9 Å². The van der Waals surface area contributed by atoms with Crippen LogP contribution in [0, 0.1) is 5.92 Å². The Labute approximate surface area is 141 Å². The zero-order chi connectivity index (χ0) is 16.6. The summed E-state index contributed by atoms with van der Waals surface area (Å²) in [4.78, 5) is 35.3. The zero-order valence-electron chi connectivity index (χ0n) is 14.0. The lowest BCUT2D eigenvalue weighted by molar-refractivity contribution is -0.150. The minimum absolute atomic E-state index is 0.0371. The van der Waals surface area contributed by atoms with Gasteiger partial charge in [0.05, 0.1) is 13.0 Å². The van der Waals surface area contributed by atoms with Crippen LogP contribution in [0.2, 0.25) is 0 Å². The SMILES string of the molecule is CC(C)CN1CCN(C(=O)CC2=CSC3=NCCN23)C(C)C1=O. The van der Waals surface area contributed by atoms with Gasteiger partial charge in [0.1, 0.15) is 6.04 Å². The second-order valence-corrected chi connectivity index (χ2v) is 7.50. The Morgan fingerprint density at radius 2 is 2.17 bits per heavy atom. The molecule has 0 saturated carbocycles. The van der Waals surface area contributed by atoms with Gasteiger partial charge in [-0.05, 0) is 18.2 Å². The van der Waals surface area contributed by atoms with Gasteiger partial charge in [0.25, 0.3) is 0 Å². The number of thioether (sulfide) groups is 1. The van der Waals surface area contributed by atoms with Crippen molar-refractivity contribution in [1.82, 2.24) is 14.7 Å². The number of fused-ring (bicyclic) bond motifs is 1. The quantitative estimate of drug-likeness (QED) is 0.778. The standard InChI is InChI=1S/C16H24N4O2S/c1-11(2)9-18-6-7-19(12(3)15(18)22)14(21)8-13-10-23-16-17-4-5-20(13)16/h10-12H,4-9H2,1-3H3. The largest absolute Gasteiger partial charge is 0.339 e. The van der Waals surface area contributed by atoms with Crippen LogP contribution < -0.4 is 0 Å². The van der Waals surface area contributed by atoms with E-state index in [4.69, 9.17) is 0 Å². The molecular formula is C16H24N4O2S. The third kappa shape index (κ3) is 3.24. The first-order valence-corrected chi connectivity index (χ1v) is 9.11. The molecule has 0 bridgehead atoms. The summed E-state index contributed by atoms with van der Waals surface area (Å²) in [6.07, 6.45) is 0.355. The molecule has 3 rings (SSSR count). The highest BCUT2D eigenvalue weighted by atomic mass is 32.2. The van der Waals surface area contributed by atoms with E-state index in [-0.39, 0.29) is 17.9 Å². The van der Waals surface area contributed by atoms with Crippen molar-refractivity contribution in [1.29, 1.82) is 0 Å². The third-order valence-corrected chi connectivity index (χ3v) is 5.38. The van der Waals surface area contributed by atoms with Gasteiger partial charge in [-0.1, -0.05) is 25.6 Å². The van der Waals surface area contributed by atoms with Crippen LogP contribution in [0.15, 0.2) is 16.1 Å². The van der Waals surface area contributed by atoms with E-state index in [0.717, 1.165) is 30.5 Å². The molecule has 0 aromatic rings. The Hall–Kier alpha value is -1.50. The number of carbonyl (C=O) groups excluding carboxylic acids is 2. The van der Waals surface area contributed by atoms with E-state index in [1.54, 1.807) is 16.7 Å². The van der Waals surface area contributed by atoms with Crippen molar-refractivity contribution in [2.75, 3.05) is 32.7 Å². The van der Waals surface area contributed by atoms with Gasteiger partial charge in [-0.15, -0.1) is 0 Å². The fraction of sp³-hybridized carbons (Fsp3) is 0.688. The molecule has 23 heavy (non-hydrogen) atoms. The van der Waals surface area contributed by atoms with Crippen LogP contribution >= 0.6 is 11.8 Å². The smallest absolute Gasteiger partial charge is 0.245 e. The van der Waals surface area contributed by atoms with E-state index in [0.29, 0.717) is 25.4 Å². The van der Waals surface area contributed by atoms with E-state index >= 15 is 0 Å². The molecule has 0 aromatic carbocycles. The maximum atomic E-state index is 12.7. The number of hydrogen-bond donors (Lipinski definition) is 0. The minimum atomic E-state index is -0.364. The second-order valence-electron chi connectivity index (χ2n) is 6.66. The molecule has 1 saturated heterocycles. The molecule has 6 nitrogen and oxygen atoms in total. The molecule has 0 spiro atoms. The van der Waals surface area contributed by atoms with Crippen molar-refractivity contribution in [3.05, 3.63) is 11.1 Å². The molecule has 126 valence electrons. The van der Waals surface area contributed by atoms with E-state index < -0.39 is 0 Å². The van der Waals surface area contributed by atoms with Crippen LogP contribution in [-0.2, 0) is 9.59 Å². The number of amidine groups is 1. The summed E-state index contributed by atoms with van der Waals surface area (Å²) < 4.78 is 0. The molecule has 1 unspecified atom stereocenters. The molecule has 0 aliphatic carbocycles. The monoisotopic (exact) mass is 336 g/mol. The Morgan fingerprint density at radius 1 is 1.39 bits per heavy atom. The first-order chi connectivity index (χ1) is 11.0. The number of carbonyl (C=O) groups is 2. The number of nitrogens with zero attached hydrogens (tertiary/aromatic N) is 4. The van der Waals surface area contributed by atoms with Gasteiger partial charge in [-0.3, -0.25) is 14.6 Å². The molecule has 3 aliphatic heterocycles. The fourth-order valence-corrected chi connectivity index (χ4v) is 4.22. The van der Waals surface area contributed by atoms with Gasteiger partial charge in [0.2, 0.25) is 11.8 Å². The van der Waals surface area contributed by atoms with Crippen LogP contribution in [-0.4, -0.2) is 70.4 Å². The summed E-state index contributed by atoms with van der Waals surface area (Å²) in [5.74, 6) is 0.550. The summed E-state index contributed by atoms with van der Waals surface area (Å²) >= 11 is 1.59. The highest BCUT2D eigenvalue weighted by molar-refractivity contribution is 8.16. The molecule has 1 atom stereocenters. The van der Waals surface area contributed by atoms with Crippen LogP contribution in [0.1, 0.15) is 27.2 Å². The van der Waals surface area contributed by atoms with Gasteiger partial charge in [0.15, 0.2) is 5.17 Å². The van der Waals surface area contributed by atoms with Crippen LogP contribution in [0.5, 0.6) is 0 Å². The second kappa shape index (κ2) is 6.55. The summed E-state index contributed by atoms with van der Waals surface area (Å²) in [7, 11) is 0. The number of hydrogen-bond acceptors (Lipinski definition) is 5. The van der Waals surface area contributed by atoms with Crippen LogP contribution in [0.4, 0.5) is 0 Å². The Bertz CT molecular complexity index is 572. The van der Waals surface area contributed by atoms with Crippen molar-refractivity contribution in [3.63, 3.8) is 0 Å². The topological polar surface area (TPSA) is 56.2 Å². The molecule has 0 N–H and O–H groups in total. The summed E-state index contributed by atoms with van der Waals surface area (Å²) in [5, 5.41) is 3.01. The van der Waals surface area contributed by atoms with Crippen molar-refractivity contribution < 1.29 is 9.59 Å². The van der Waals surface area contributed by atoms with Crippen molar-refractivity contribution in [2.45, 2.75) is 33.2 Å². The average molecular weight is 336 g/mol. The van der Waals surface area contributed by atoms with E-state index in [9.17, 15) is 9.59 Å². The van der Waals surface area contributed by atoms with Crippen LogP contribution in [0.25, 0.3) is 0 Å².